The third kappa shape index (κ3) is 3.86. The summed E-state index contributed by atoms with van der Waals surface area (Å²) in [5.74, 6) is 0.583. The molecule has 0 bridgehead atoms. The van der Waals surface area contributed by atoms with Crippen LogP contribution in [0.5, 0.6) is 5.75 Å². The molecule has 0 aliphatic carbocycles. The molecule has 2 aromatic rings. The number of amides is 2. The van der Waals surface area contributed by atoms with Crippen molar-refractivity contribution in [2.24, 2.45) is 5.92 Å². The summed E-state index contributed by atoms with van der Waals surface area (Å²) in [6.45, 7) is 7.75. The van der Waals surface area contributed by atoms with E-state index in [9.17, 15) is 9.59 Å². The summed E-state index contributed by atoms with van der Waals surface area (Å²) in [5.41, 5.74) is 4.66. The Morgan fingerprint density at radius 2 is 1.70 bits per heavy atom. The van der Waals surface area contributed by atoms with Crippen LogP contribution in [0.2, 0.25) is 0 Å². The van der Waals surface area contributed by atoms with Crippen LogP contribution in [0.4, 0.5) is 11.4 Å². The number of anilines is 2. The summed E-state index contributed by atoms with van der Waals surface area (Å²) in [7, 11) is 1.62. The van der Waals surface area contributed by atoms with Gasteiger partial charge < -0.3 is 19.4 Å². The Balaban J connectivity index is 1.37. The third-order valence-electron chi connectivity index (χ3n) is 6.37. The molecule has 0 aromatic heterocycles. The summed E-state index contributed by atoms with van der Waals surface area (Å²) < 4.78 is 5.18. The Kier molecular flexibility index (Phi) is 5.66. The van der Waals surface area contributed by atoms with Crippen LogP contribution < -0.4 is 14.5 Å². The fourth-order valence-corrected chi connectivity index (χ4v) is 4.39. The summed E-state index contributed by atoms with van der Waals surface area (Å²) in [4.78, 5) is 31.6. The fraction of sp³-hybridized carbons (Fsp3) is 0.417. The zero-order valence-electron chi connectivity index (χ0n) is 17.9. The van der Waals surface area contributed by atoms with Crippen LogP contribution in [0.3, 0.4) is 0 Å². The molecule has 2 saturated heterocycles. The minimum atomic E-state index is -0.271. The molecule has 4 rings (SSSR count). The number of carbonyl (C=O) groups is 2. The van der Waals surface area contributed by atoms with E-state index in [0.717, 1.165) is 24.5 Å². The highest BCUT2D eigenvalue weighted by atomic mass is 16.5. The molecule has 0 unspecified atom stereocenters. The van der Waals surface area contributed by atoms with Gasteiger partial charge in [0.1, 0.15) is 5.75 Å². The second-order valence-corrected chi connectivity index (χ2v) is 8.13. The van der Waals surface area contributed by atoms with Crippen molar-refractivity contribution in [3.8, 4) is 5.75 Å². The molecule has 6 nitrogen and oxygen atoms in total. The molecule has 0 saturated carbocycles. The van der Waals surface area contributed by atoms with Crippen molar-refractivity contribution in [1.29, 1.82) is 0 Å². The number of piperazine rings is 1. The van der Waals surface area contributed by atoms with Crippen LogP contribution >= 0.6 is 0 Å². The minimum absolute atomic E-state index is 0.00698. The molecule has 30 heavy (non-hydrogen) atoms. The summed E-state index contributed by atoms with van der Waals surface area (Å²) in [6.07, 6.45) is 0.280. The number of methoxy groups -OCH3 is 1. The Morgan fingerprint density at radius 1 is 1.00 bits per heavy atom. The Labute approximate surface area is 178 Å². The molecule has 2 heterocycles. The molecule has 0 spiro atoms. The summed E-state index contributed by atoms with van der Waals surface area (Å²) in [6, 6.07) is 13.8. The topological polar surface area (TPSA) is 53.1 Å². The van der Waals surface area contributed by atoms with Gasteiger partial charge in [-0.15, -0.1) is 0 Å². The average Bonchev–Trinajstić information content (AvgIpc) is 3.17. The monoisotopic (exact) mass is 407 g/mol. The highest BCUT2D eigenvalue weighted by Gasteiger charge is 2.38. The number of hydrogen-bond acceptors (Lipinski definition) is 4. The summed E-state index contributed by atoms with van der Waals surface area (Å²) >= 11 is 0. The zero-order valence-corrected chi connectivity index (χ0v) is 17.9. The lowest BCUT2D eigenvalue weighted by molar-refractivity contribution is -0.136. The number of ether oxygens (including phenoxy) is 1. The van der Waals surface area contributed by atoms with Crippen LogP contribution in [0.1, 0.15) is 17.5 Å². The summed E-state index contributed by atoms with van der Waals surface area (Å²) in [5, 5.41) is 0. The molecule has 0 N–H and O–H groups in total. The maximum Gasteiger partial charge on any atom is 0.228 e. The van der Waals surface area contributed by atoms with Crippen LogP contribution in [0.25, 0.3) is 0 Å². The van der Waals surface area contributed by atoms with Gasteiger partial charge in [0.25, 0.3) is 0 Å². The van der Waals surface area contributed by atoms with Crippen molar-refractivity contribution >= 4 is 23.2 Å². The molecule has 1 atom stereocenters. The Bertz CT molecular complexity index is 933. The first-order valence-corrected chi connectivity index (χ1v) is 10.5. The predicted molar refractivity (Wildman–Crippen MR) is 118 cm³/mol. The number of benzene rings is 2. The van der Waals surface area contributed by atoms with Gasteiger partial charge in [0.2, 0.25) is 11.8 Å². The van der Waals surface area contributed by atoms with E-state index in [0.29, 0.717) is 19.6 Å². The van der Waals surface area contributed by atoms with E-state index in [1.165, 1.54) is 16.8 Å². The van der Waals surface area contributed by atoms with Gasteiger partial charge in [0.05, 0.1) is 13.0 Å². The molecular weight excluding hydrogens is 378 g/mol. The van der Waals surface area contributed by atoms with Gasteiger partial charge in [0.15, 0.2) is 0 Å². The molecule has 2 aromatic carbocycles. The van der Waals surface area contributed by atoms with Crippen LogP contribution in [0, 0.1) is 19.8 Å². The maximum atomic E-state index is 13.1. The van der Waals surface area contributed by atoms with Crippen molar-refractivity contribution < 1.29 is 14.3 Å². The van der Waals surface area contributed by atoms with Crippen LogP contribution in [0.15, 0.2) is 42.5 Å². The van der Waals surface area contributed by atoms with Crippen molar-refractivity contribution in [2.75, 3.05) is 49.6 Å². The van der Waals surface area contributed by atoms with E-state index >= 15 is 0 Å². The van der Waals surface area contributed by atoms with Gasteiger partial charge in [0, 0.05) is 50.5 Å². The normalized spacial score (nSPS) is 19.4. The van der Waals surface area contributed by atoms with Crippen molar-refractivity contribution in [2.45, 2.75) is 20.3 Å². The van der Waals surface area contributed by atoms with Crippen LogP contribution in [-0.2, 0) is 9.59 Å². The zero-order chi connectivity index (χ0) is 21.3. The van der Waals surface area contributed by atoms with Crippen molar-refractivity contribution in [3.05, 3.63) is 53.6 Å². The van der Waals surface area contributed by atoms with Gasteiger partial charge in [-0.3, -0.25) is 9.59 Å². The SMILES string of the molecule is COc1ccc(N2C[C@@H](C(=O)N3CCN(c4cccc(C)c4C)CC3)CC2=O)cc1. The number of nitrogens with zero attached hydrogens (tertiary/aromatic N) is 3. The van der Waals surface area contributed by atoms with Crippen molar-refractivity contribution in [3.63, 3.8) is 0 Å². The van der Waals surface area contributed by atoms with E-state index in [2.05, 4.69) is 36.9 Å². The molecule has 2 aliphatic heterocycles. The Hall–Kier alpha value is -3.02. The standard InChI is InChI=1S/C24H29N3O3/c1-17-5-4-6-22(18(17)2)25-11-13-26(14-12-25)24(29)19-15-23(28)27(16-19)20-7-9-21(30-3)10-8-20/h4-10,19H,11-16H2,1-3H3/t19-/m0/s1. The van der Waals surface area contributed by atoms with E-state index < -0.39 is 0 Å². The van der Waals surface area contributed by atoms with Gasteiger partial charge in [-0.1, -0.05) is 12.1 Å². The molecule has 0 radical (unpaired) electrons. The van der Waals surface area contributed by atoms with Crippen LogP contribution in [-0.4, -0.2) is 56.5 Å². The predicted octanol–water partition coefficient (Wildman–Crippen LogP) is 3.01. The van der Waals surface area contributed by atoms with E-state index in [4.69, 9.17) is 4.74 Å². The highest BCUT2D eigenvalue weighted by Crippen LogP contribution is 2.29. The lowest BCUT2D eigenvalue weighted by Crippen LogP contribution is -2.51. The first kappa shape index (κ1) is 20.3. The van der Waals surface area contributed by atoms with Gasteiger partial charge in [-0.05, 0) is 55.3 Å². The minimum Gasteiger partial charge on any atom is -0.497 e. The smallest absolute Gasteiger partial charge is 0.228 e. The van der Waals surface area contributed by atoms with E-state index in [-0.39, 0.29) is 24.2 Å². The highest BCUT2D eigenvalue weighted by molar-refractivity contribution is 6.00. The number of rotatable bonds is 4. The molecule has 6 heteroatoms. The fourth-order valence-electron chi connectivity index (χ4n) is 4.39. The second-order valence-electron chi connectivity index (χ2n) is 8.13. The first-order chi connectivity index (χ1) is 14.5. The number of carbonyl (C=O) groups excluding carboxylic acids is 2. The molecule has 2 fully saturated rings. The second kappa shape index (κ2) is 8.38. The third-order valence-corrected chi connectivity index (χ3v) is 6.37. The molecular formula is C24H29N3O3. The largest absolute Gasteiger partial charge is 0.497 e. The lowest BCUT2D eigenvalue weighted by Gasteiger charge is -2.38. The maximum absolute atomic E-state index is 13.1. The van der Waals surface area contributed by atoms with Gasteiger partial charge in [-0.2, -0.15) is 0 Å². The molecule has 2 aliphatic rings. The number of hydrogen-bond donors (Lipinski definition) is 0. The average molecular weight is 408 g/mol. The number of aryl methyl sites for hydroxylation is 1. The lowest BCUT2D eigenvalue weighted by atomic mass is 10.1. The quantitative estimate of drug-likeness (QED) is 0.782. The molecule has 158 valence electrons. The Morgan fingerprint density at radius 3 is 2.37 bits per heavy atom. The van der Waals surface area contributed by atoms with Gasteiger partial charge >= 0.3 is 0 Å². The van der Waals surface area contributed by atoms with Gasteiger partial charge in [-0.25, -0.2) is 0 Å². The van der Waals surface area contributed by atoms with Crippen molar-refractivity contribution in [1.82, 2.24) is 4.90 Å². The van der Waals surface area contributed by atoms with E-state index in [1.54, 1.807) is 12.0 Å². The van der Waals surface area contributed by atoms with E-state index in [1.807, 2.05) is 29.2 Å². The first-order valence-electron chi connectivity index (χ1n) is 10.5. The molecule has 2 amide bonds.